The van der Waals surface area contributed by atoms with Crippen molar-refractivity contribution in [1.82, 2.24) is 0 Å². The summed E-state index contributed by atoms with van der Waals surface area (Å²) in [6, 6.07) is 0. The Morgan fingerprint density at radius 3 is 1.65 bits per heavy atom. The van der Waals surface area contributed by atoms with Crippen molar-refractivity contribution in [2.24, 2.45) is 0 Å². The molecule has 1 atom stereocenters. The Balaban J connectivity index is 1.83. The number of rotatable bonds is 16. The van der Waals surface area contributed by atoms with Gasteiger partial charge >= 0.3 is 5.97 Å². The molecule has 1 unspecified atom stereocenters. The first-order chi connectivity index (χ1) is 12.7. The summed E-state index contributed by atoms with van der Waals surface area (Å²) in [6.07, 6.45) is 21.9. The molecule has 1 aliphatic heterocycles. The second kappa shape index (κ2) is 15.0. The summed E-state index contributed by atoms with van der Waals surface area (Å²) in [5.74, 6) is -0.291. The van der Waals surface area contributed by atoms with E-state index in [4.69, 9.17) is 4.74 Å². The second-order valence-electron chi connectivity index (χ2n) is 7.66. The van der Waals surface area contributed by atoms with Gasteiger partial charge in [0.05, 0.1) is 5.57 Å². The third-order valence-electron chi connectivity index (χ3n) is 5.23. The van der Waals surface area contributed by atoms with Crippen LogP contribution < -0.4 is 0 Å². The molecule has 0 spiro atoms. The summed E-state index contributed by atoms with van der Waals surface area (Å²) < 4.78 is 4.81. The number of ether oxygens (including phenoxy) is 1. The Bertz CT molecular complexity index is 425. The molecular formula is C23H40O3. The fourth-order valence-electron chi connectivity index (χ4n) is 3.49. The van der Waals surface area contributed by atoms with Crippen molar-refractivity contribution in [3.63, 3.8) is 0 Å². The topological polar surface area (TPSA) is 46.5 Å². The first-order valence-electron chi connectivity index (χ1n) is 11.0. The third kappa shape index (κ3) is 10.2. The van der Waals surface area contributed by atoms with E-state index < -0.39 is 12.1 Å². The van der Waals surface area contributed by atoms with Crippen LogP contribution in [0.25, 0.3) is 0 Å². The molecule has 0 aromatic carbocycles. The van der Waals surface area contributed by atoms with E-state index in [1.807, 2.05) is 6.08 Å². The van der Waals surface area contributed by atoms with E-state index in [0.29, 0.717) is 5.57 Å². The average Bonchev–Trinajstić information content (AvgIpc) is 2.87. The Morgan fingerprint density at radius 2 is 1.27 bits per heavy atom. The SMILES string of the molecule is C=C1OC(=O)/C(=C/CCCCCCCCCCCCCCCCC)C1O. The molecule has 1 N–H and O–H groups in total. The molecule has 0 saturated carbocycles. The van der Waals surface area contributed by atoms with Gasteiger partial charge in [-0.3, -0.25) is 0 Å². The highest BCUT2D eigenvalue weighted by Gasteiger charge is 2.32. The monoisotopic (exact) mass is 364 g/mol. The highest BCUT2D eigenvalue weighted by atomic mass is 16.6. The number of hydrogen-bond acceptors (Lipinski definition) is 3. The molecule has 0 aliphatic carbocycles. The Kier molecular flexibility index (Phi) is 13.3. The lowest BCUT2D eigenvalue weighted by atomic mass is 10.0. The van der Waals surface area contributed by atoms with Gasteiger partial charge in [-0.05, 0) is 12.8 Å². The second-order valence-corrected chi connectivity index (χ2v) is 7.66. The number of esters is 1. The minimum Gasteiger partial charge on any atom is -0.425 e. The molecule has 1 saturated heterocycles. The molecule has 0 radical (unpaired) electrons. The van der Waals surface area contributed by atoms with Gasteiger partial charge in [-0.2, -0.15) is 0 Å². The number of carbonyl (C=O) groups excluding carboxylic acids is 1. The summed E-state index contributed by atoms with van der Waals surface area (Å²) in [5.41, 5.74) is 0.361. The van der Waals surface area contributed by atoms with Gasteiger partial charge in [-0.15, -0.1) is 0 Å². The summed E-state index contributed by atoms with van der Waals surface area (Å²) in [6.45, 7) is 5.80. The van der Waals surface area contributed by atoms with Gasteiger partial charge in [-0.1, -0.05) is 109 Å². The van der Waals surface area contributed by atoms with Crippen LogP contribution in [0.5, 0.6) is 0 Å². The number of aliphatic hydroxyl groups is 1. The van der Waals surface area contributed by atoms with Crippen molar-refractivity contribution in [1.29, 1.82) is 0 Å². The van der Waals surface area contributed by atoms with Crippen LogP contribution in [-0.4, -0.2) is 17.2 Å². The molecule has 0 aromatic rings. The fourth-order valence-corrected chi connectivity index (χ4v) is 3.49. The van der Waals surface area contributed by atoms with Crippen molar-refractivity contribution >= 4 is 5.97 Å². The van der Waals surface area contributed by atoms with Crippen molar-refractivity contribution < 1.29 is 14.6 Å². The van der Waals surface area contributed by atoms with E-state index in [2.05, 4.69) is 13.5 Å². The van der Waals surface area contributed by atoms with Gasteiger partial charge in [0.2, 0.25) is 0 Å². The standard InChI is InChI=1S/C23H40O3/c1-3-4-5-6-7-8-9-10-11-12-13-14-15-16-17-18-19-21-22(24)20(2)26-23(21)25/h19,22,24H,2-18H2,1H3/b21-19+. The largest absolute Gasteiger partial charge is 0.425 e. The molecule has 0 amide bonds. The van der Waals surface area contributed by atoms with Crippen molar-refractivity contribution in [3.05, 3.63) is 24.0 Å². The Hall–Kier alpha value is -1.09. The predicted octanol–water partition coefficient (Wildman–Crippen LogP) is 6.61. The van der Waals surface area contributed by atoms with Gasteiger partial charge in [0.15, 0.2) is 0 Å². The first kappa shape index (κ1) is 23.0. The van der Waals surface area contributed by atoms with E-state index in [1.165, 1.54) is 89.9 Å². The maximum absolute atomic E-state index is 11.5. The normalized spacial score (nSPS) is 18.7. The number of allylic oxidation sites excluding steroid dienone is 1. The summed E-state index contributed by atoms with van der Waals surface area (Å²) in [7, 11) is 0. The number of unbranched alkanes of at least 4 members (excludes halogenated alkanes) is 15. The molecule has 3 heteroatoms. The fraction of sp³-hybridized carbons (Fsp3) is 0.783. The zero-order chi connectivity index (χ0) is 19.0. The number of hydrogen-bond donors (Lipinski definition) is 1. The molecule has 150 valence electrons. The van der Waals surface area contributed by atoms with Crippen LogP contribution in [0.4, 0.5) is 0 Å². The van der Waals surface area contributed by atoms with Crippen molar-refractivity contribution in [2.75, 3.05) is 0 Å². The summed E-state index contributed by atoms with van der Waals surface area (Å²) in [4.78, 5) is 11.5. The van der Waals surface area contributed by atoms with Crippen LogP contribution in [0.15, 0.2) is 24.0 Å². The minimum atomic E-state index is -0.932. The zero-order valence-corrected chi connectivity index (χ0v) is 16.9. The zero-order valence-electron chi connectivity index (χ0n) is 16.9. The smallest absolute Gasteiger partial charge is 0.341 e. The third-order valence-corrected chi connectivity index (χ3v) is 5.23. The van der Waals surface area contributed by atoms with E-state index in [9.17, 15) is 9.90 Å². The number of cyclic esters (lactones) is 1. The van der Waals surface area contributed by atoms with Crippen LogP contribution in [0.1, 0.15) is 110 Å². The van der Waals surface area contributed by atoms with E-state index >= 15 is 0 Å². The lowest BCUT2D eigenvalue weighted by Gasteiger charge is -2.03. The summed E-state index contributed by atoms with van der Waals surface area (Å²) in [5, 5.41) is 9.74. The lowest BCUT2D eigenvalue weighted by Crippen LogP contribution is -2.07. The molecule has 1 heterocycles. The van der Waals surface area contributed by atoms with Crippen LogP contribution in [0, 0.1) is 0 Å². The van der Waals surface area contributed by atoms with Gasteiger partial charge < -0.3 is 9.84 Å². The van der Waals surface area contributed by atoms with Gasteiger partial charge in [0.25, 0.3) is 0 Å². The maximum Gasteiger partial charge on any atom is 0.341 e. The molecule has 0 aromatic heterocycles. The van der Waals surface area contributed by atoms with E-state index in [0.717, 1.165) is 12.8 Å². The minimum absolute atomic E-state index is 0.151. The molecule has 0 bridgehead atoms. The highest BCUT2D eigenvalue weighted by Crippen LogP contribution is 2.23. The average molecular weight is 365 g/mol. The molecular weight excluding hydrogens is 324 g/mol. The highest BCUT2D eigenvalue weighted by molar-refractivity contribution is 5.93. The first-order valence-corrected chi connectivity index (χ1v) is 11.0. The van der Waals surface area contributed by atoms with E-state index in [1.54, 1.807) is 0 Å². The lowest BCUT2D eigenvalue weighted by molar-refractivity contribution is -0.132. The Morgan fingerprint density at radius 1 is 0.846 bits per heavy atom. The quantitative estimate of drug-likeness (QED) is 0.190. The van der Waals surface area contributed by atoms with Crippen LogP contribution >= 0.6 is 0 Å². The van der Waals surface area contributed by atoms with Crippen molar-refractivity contribution in [2.45, 2.75) is 116 Å². The van der Waals surface area contributed by atoms with Crippen LogP contribution in [0.2, 0.25) is 0 Å². The molecule has 26 heavy (non-hydrogen) atoms. The summed E-state index contributed by atoms with van der Waals surface area (Å²) >= 11 is 0. The predicted molar refractivity (Wildman–Crippen MR) is 109 cm³/mol. The maximum atomic E-state index is 11.5. The Labute approximate surface area is 160 Å². The van der Waals surface area contributed by atoms with Crippen molar-refractivity contribution in [3.8, 4) is 0 Å². The van der Waals surface area contributed by atoms with Gasteiger partial charge in [-0.25, -0.2) is 4.79 Å². The molecule has 3 nitrogen and oxygen atoms in total. The van der Waals surface area contributed by atoms with Crippen LogP contribution in [-0.2, 0) is 9.53 Å². The van der Waals surface area contributed by atoms with Gasteiger partial charge in [0, 0.05) is 0 Å². The molecule has 1 aliphatic rings. The molecule has 1 rings (SSSR count). The number of aliphatic hydroxyl groups excluding tert-OH is 1. The number of carbonyl (C=O) groups is 1. The van der Waals surface area contributed by atoms with Gasteiger partial charge in [0.1, 0.15) is 11.9 Å². The molecule has 1 fully saturated rings. The van der Waals surface area contributed by atoms with E-state index in [-0.39, 0.29) is 5.76 Å². The van der Waals surface area contributed by atoms with Crippen LogP contribution in [0.3, 0.4) is 0 Å².